The number of Topliss-reactive ketones (excluding diaryl/α,β-unsaturated/α-hetero) is 1. The highest BCUT2D eigenvalue weighted by atomic mass is 16.1. The highest BCUT2D eigenvalue weighted by molar-refractivity contribution is 6.17. The van der Waals surface area contributed by atoms with Gasteiger partial charge >= 0.3 is 0 Å². The molecule has 0 fully saturated rings. The van der Waals surface area contributed by atoms with Gasteiger partial charge in [0.2, 0.25) is 0 Å². The maximum Gasteiger partial charge on any atom is 0.189 e. The van der Waals surface area contributed by atoms with Crippen LogP contribution in [-0.4, -0.2) is 5.78 Å². The molecule has 0 spiro atoms. The maximum absolute atomic E-state index is 12.5. The van der Waals surface area contributed by atoms with Crippen molar-refractivity contribution in [3.8, 4) is 0 Å². The summed E-state index contributed by atoms with van der Waals surface area (Å²) in [5, 5.41) is 0. The van der Waals surface area contributed by atoms with Crippen LogP contribution >= 0.6 is 0 Å². The van der Waals surface area contributed by atoms with Gasteiger partial charge in [-0.3, -0.25) is 4.79 Å². The molecule has 0 unspecified atom stereocenters. The summed E-state index contributed by atoms with van der Waals surface area (Å²) in [7, 11) is 0. The van der Waals surface area contributed by atoms with E-state index in [1.807, 2.05) is 18.2 Å². The van der Waals surface area contributed by atoms with Crippen LogP contribution in [0.25, 0.3) is 5.57 Å². The third-order valence-corrected chi connectivity index (χ3v) is 4.25. The summed E-state index contributed by atoms with van der Waals surface area (Å²) in [5.41, 5.74) is 7.05. The lowest BCUT2D eigenvalue weighted by Crippen LogP contribution is -1.98. The van der Waals surface area contributed by atoms with Gasteiger partial charge < -0.3 is 0 Å². The van der Waals surface area contributed by atoms with E-state index in [1.165, 1.54) is 22.3 Å². The fourth-order valence-corrected chi connectivity index (χ4v) is 3.31. The summed E-state index contributed by atoms with van der Waals surface area (Å²) >= 11 is 0. The van der Waals surface area contributed by atoms with Crippen LogP contribution in [0.4, 0.5) is 0 Å². The van der Waals surface area contributed by atoms with Crippen molar-refractivity contribution in [1.29, 1.82) is 0 Å². The van der Waals surface area contributed by atoms with E-state index in [0.717, 1.165) is 30.4 Å². The zero-order chi connectivity index (χ0) is 12.8. The number of allylic oxidation sites excluding steroid dienone is 2. The standard InChI is InChI=1S/C18H14O/c19-18-15-8-4-2-6-13(15)11-17(18)16-10-9-12-5-1-3-7-14(12)16/h1-8H,9-11H2/b17-16-. The molecule has 2 aliphatic carbocycles. The Labute approximate surface area is 112 Å². The normalized spacial score (nSPS) is 20.5. The number of hydrogen-bond donors (Lipinski definition) is 0. The molecule has 0 aliphatic heterocycles. The molecule has 2 aliphatic rings. The summed E-state index contributed by atoms with van der Waals surface area (Å²) in [4.78, 5) is 12.5. The van der Waals surface area contributed by atoms with E-state index >= 15 is 0 Å². The first-order valence-corrected chi connectivity index (χ1v) is 6.77. The van der Waals surface area contributed by atoms with Crippen molar-refractivity contribution in [3.05, 3.63) is 76.4 Å². The molecular weight excluding hydrogens is 232 g/mol. The van der Waals surface area contributed by atoms with Crippen LogP contribution in [0.5, 0.6) is 0 Å². The molecule has 0 saturated carbocycles. The molecule has 0 atom stereocenters. The second-order valence-electron chi connectivity index (χ2n) is 5.28. The van der Waals surface area contributed by atoms with Gasteiger partial charge in [-0.1, -0.05) is 48.5 Å². The molecule has 1 heteroatoms. The van der Waals surface area contributed by atoms with Crippen molar-refractivity contribution >= 4 is 11.4 Å². The molecule has 0 heterocycles. The summed E-state index contributed by atoms with van der Waals surface area (Å²) in [5.74, 6) is 0.238. The van der Waals surface area contributed by atoms with Gasteiger partial charge in [-0.15, -0.1) is 0 Å². The van der Waals surface area contributed by atoms with Crippen LogP contribution in [0.15, 0.2) is 54.1 Å². The van der Waals surface area contributed by atoms with Crippen molar-refractivity contribution in [2.45, 2.75) is 19.3 Å². The molecule has 0 radical (unpaired) electrons. The minimum Gasteiger partial charge on any atom is -0.289 e. The molecule has 0 bridgehead atoms. The molecule has 4 rings (SSSR count). The van der Waals surface area contributed by atoms with E-state index in [4.69, 9.17) is 0 Å². The zero-order valence-corrected chi connectivity index (χ0v) is 10.6. The third-order valence-electron chi connectivity index (χ3n) is 4.25. The summed E-state index contributed by atoms with van der Waals surface area (Å²) < 4.78 is 0. The van der Waals surface area contributed by atoms with E-state index < -0.39 is 0 Å². The van der Waals surface area contributed by atoms with Crippen LogP contribution in [0.2, 0.25) is 0 Å². The number of carbonyl (C=O) groups excluding carboxylic acids is 1. The molecule has 1 nitrogen and oxygen atoms in total. The fourth-order valence-electron chi connectivity index (χ4n) is 3.31. The Morgan fingerprint density at radius 1 is 0.684 bits per heavy atom. The molecule has 0 amide bonds. The quantitative estimate of drug-likeness (QED) is 0.646. The van der Waals surface area contributed by atoms with Crippen molar-refractivity contribution in [2.75, 3.05) is 0 Å². The van der Waals surface area contributed by atoms with Gasteiger partial charge in [-0.2, -0.15) is 0 Å². The van der Waals surface area contributed by atoms with Gasteiger partial charge in [0.15, 0.2) is 5.78 Å². The summed E-state index contributed by atoms with van der Waals surface area (Å²) in [6.07, 6.45) is 2.88. The number of aryl methyl sites for hydroxylation is 1. The molecule has 0 N–H and O–H groups in total. The van der Waals surface area contributed by atoms with E-state index in [0.29, 0.717) is 0 Å². The Morgan fingerprint density at radius 2 is 1.37 bits per heavy atom. The maximum atomic E-state index is 12.5. The smallest absolute Gasteiger partial charge is 0.189 e. The lowest BCUT2D eigenvalue weighted by molar-refractivity contribution is 0.104. The Morgan fingerprint density at radius 3 is 2.16 bits per heavy atom. The predicted molar refractivity (Wildman–Crippen MR) is 76.2 cm³/mol. The van der Waals surface area contributed by atoms with E-state index in [9.17, 15) is 4.79 Å². The molecule has 92 valence electrons. The Kier molecular flexibility index (Phi) is 2.22. The van der Waals surface area contributed by atoms with Gasteiger partial charge in [0.05, 0.1) is 0 Å². The average molecular weight is 246 g/mol. The molecular formula is C18H14O. The number of benzene rings is 2. The molecule has 19 heavy (non-hydrogen) atoms. The number of fused-ring (bicyclic) bond motifs is 2. The minimum atomic E-state index is 0.238. The fraction of sp³-hybridized carbons (Fsp3) is 0.167. The number of hydrogen-bond acceptors (Lipinski definition) is 1. The third kappa shape index (κ3) is 1.51. The highest BCUT2D eigenvalue weighted by Gasteiger charge is 2.29. The van der Waals surface area contributed by atoms with Crippen LogP contribution in [0, 0.1) is 0 Å². The van der Waals surface area contributed by atoms with Gasteiger partial charge in [-0.05, 0) is 35.1 Å². The van der Waals surface area contributed by atoms with Crippen LogP contribution in [0.1, 0.15) is 33.5 Å². The van der Waals surface area contributed by atoms with Crippen LogP contribution < -0.4 is 0 Å². The number of carbonyl (C=O) groups is 1. The Balaban J connectivity index is 1.88. The van der Waals surface area contributed by atoms with Gasteiger partial charge in [0.1, 0.15) is 0 Å². The van der Waals surface area contributed by atoms with Gasteiger partial charge in [0.25, 0.3) is 0 Å². The van der Waals surface area contributed by atoms with Crippen molar-refractivity contribution in [3.63, 3.8) is 0 Å². The van der Waals surface area contributed by atoms with Crippen molar-refractivity contribution in [2.24, 2.45) is 0 Å². The van der Waals surface area contributed by atoms with Gasteiger partial charge in [0, 0.05) is 17.6 Å². The zero-order valence-electron chi connectivity index (χ0n) is 10.6. The SMILES string of the molecule is O=C1/C(=C2/CCc3ccccc32)Cc2ccccc21. The Hall–Kier alpha value is -2.15. The van der Waals surface area contributed by atoms with Gasteiger partial charge in [-0.25, -0.2) is 0 Å². The van der Waals surface area contributed by atoms with Crippen LogP contribution in [0.3, 0.4) is 0 Å². The van der Waals surface area contributed by atoms with E-state index in [-0.39, 0.29) is 5.78 Å². The van der Waals surface area contributed by atoms with Crippen molar-refractivity contribution < 1.29 is 4.79 Å². The van der Waals surface area contributed by atoms with Crippen LogP contribution in [-0.2, 0) is 12.8 Å². The average Bonchev–Trinajstić information content (AvgIpc) is 3.01. The topological polar surface area (TPSA) is 17.1 Å². The predicted octanol–water partition coefficient (Wildman–Crippen LogP) is 3.83. The van der Waals surface area contributed by atoms with Crippen molar-refractivity contribution in [1.82, 2.24) is 0 Å². The molecule has 2 aromatic carbocycles. The van der Waals surface area contributed by atoms with E-state index in [1.54, 1.807) is 0 Å². The highest BCUT2D eigenvalue weighted by Crippen LogP contribution is 2.39. The first kappa shape index (κ1) is 10.7. The lowest BCUT2D eigenvalue weighted by Gasteiger charge is -2.04. The summed E-state index contributed by atoms with van der Waals surface area (Å²) in [6.45, 7) is 0. The number of ketones is 1. The minimum absolute atomic E-state index is 0.238. The lowest BCUT2D eigenvalue weighted by atomic mass is 9.99. The summed E-state index contributed by atoms with van der Waals surface area (Å²) in [6, 6.07) is 16.5. The number of rotatable bonds is 0. The first-order valence-electron chi connectivity index (χ1n) is 6.77. The second kappa shape index (κ2) is 3.92. The Bertz CT molecular complexity index is 722. The molecule has 0 aromatic heterocycles. The monoisotopic (exact) mass is 246 g/mol. The van der Waals surface area contributed by atoms with E-state index in [2.05, 4.69) is 30.3 Å². The molecule has 2 aromatic rings. The first-order chi connectivity index (χ1) is 9.34. The molecule has 0 saturated heterocycles. The second-order valence-corrected chi connectivity index (χ2v) is 5.28. The largest absolute Gasteiger partial charge is 0.289 e.